The van der Waals surface area contributed by atoms with Crippen molar-refractivity contribution >= 4 is 21.8 Å². The smallest absolute Gasteiger partial charge is 0.254 e. The maximum atomic E-state index is 12.5. The quantitative estimate of drug-likeness (QED) is 0.856. The van der Waals surface area contributed by atoms with E-state index in [1.54, 1.807) is 11.9 Å². The minimum Gasteiger partial charge on any atom is -0.334 e. The summed E-state index contributed by atoms with van der Waals surface area (Å²) in [7, 11) is 1.80. The Bertz CT molecular complexity index is 695. The highest BCUT2D eigenvalue weighted by Crippen LogP contribution is 2.19. The van der Waals surface area contributed by atoms with Gasteiger partial charge in [0, 0.05) is 30.0 Å². The number of benzene rings is 1. The Morgan fingerprint density at radius 2 is 2.24 bits per heavy atom. The van der Waals surface area contributed by atoms with Gasteiger partial charge in [0.2, 0.25) is 0 Å². The second-order valence-corrected chi connectivity index (χ2v) is 6.27. The first-order valence-corrected chi connectivity index (χ1v) is 7.78. The van der Waals surface area contributed by atoms with Gasteiger partial charge in [-0.1, -0.05) is 15.9 Å². The first-order chi connectivity index (χ1) is 10.1. The molecule has 3 rings (SSSR count). The Morgan fingerprint density at radius 1 is 1.43 bits per heavy atom. The predicted octanol–water partition coefficient (Wildman–Crippen LogP) is 2.57. The van der Waals surface area contributed by atoms with Crippen molar-refractivity contribution in [3.05, 3.63) is 45.4 Å². The van der Waals surface area contributed by atoms with E-state index in [0.29, 0.717) is 12.1 Å². The van der Waals surface area contributed by atoms with E-state index in [-0.39, 0.29) is 5.91 Å². The number of halogens is 1. The number of fused-ring (bicyclic) bond motifs is 1. The standard InChI is InChI=1S/C15H17BrN4O/c1-10-8-11(5-6-12(10)16)15(21)19(2)9-14-18-17-13-4-3-7-20(13)14/h5-6,8H,3-4,7,9H2,1-2H3. The van der Waals surface area contributed by atoms with E-state index >= 15 is 0 Å². The summed E-state index contributed by atoms with van der Waals surface area (Å²) >= 11 is 3.45. The van der Waals surface area contributed by atoms with Crippen LogP contribution >= 0.6 is 15.9 Å². The Hall–Kier alpha value is -1.69. The van der Waals surface area contributed by atoms with Gasteiger partial charge in [0.05, 0.1) is 6.54 Å². The molecule has 0 radical (unpaired) electrons. The molecule has 0 saturated heterocycles. The number of aromatic nitrogens is 3. The Kier molecular flexibility index (Phi) is 3.80. The molecule has 0 unspecified atom stereocenters. The lowest BCUT2D eigenvalue weighted by atomic mass is 10.1. The molecular weight excluding hydrogens is 332 g/mol. The predicted molar refractivity (Wildman–Crippen MR) is 83.0 cm³/mol. The molecule has 0 spiro atoms. The van der Waals surface area contributed by atoms with Crippen molar-refractivity contribution in [2.45, 2.75) is 32.9 Å². The number of amides is 1. The van der Waals surface area contributed by atoms with Gasteiger partial charge in [-0.25, -0.2) is 0 Å². The van der Waals surface area contributed by atoms with Crippen molar-refractivity contribution in [1.82, 2.24) is 19.7 Å². The van der Waals surface area contributed by atoms with Crippen molar-refractivity contribution in [3.63, 3.8) is 0 Å². The minimum absolute atomic E-state index is 0.000877. The first kappa shape index (κ1) is 14.3. The molecule has 1 aromatic carbocycles. The highest BCUT2D eigenvalue weighted by atomic mass is 79.9. The van der Waals surface area contributed by atoms with Crippen LogP contribution in [0.25, 0.3) is 0 Å². The normalized spacial score (nSPS) is 13.3. The molecule has 0 fully saturated rings. The second-order valence-electron chi connectivity index (χ2n) is 5.41. The summed E-state index contributed by atoms with van der Waals surface area (Å²) in [5.74, 6) is 1.90. The van der Waals surface area contributed by atoms with Gasteiger partial charge in [-0.2, -0.15) is 0 Å². The van der Waals surface area contributed by atoms with E-state index < -0.39 is 0 Å². The molecule has 0 saturated carbocycles. The fourth-order valence-electron chi connectivity index (χ4n) is 2.61. The second kappa shape index (κ2) is 5.60. The SMILES string of the molecule is Cc1cc(C(=O)N(C)Cc2nnc3n2CCC3)ccc1Br. The Labute approximate surface area is 132 Å². The zero-order valence-corrected chi connectivity index (χ0v) is 13.7. The van der Waals surface area contributed by atoms with Crippen LogP contribution in [0.15, 0.2) is 22.7 Å². The fraction of sp³-hybridized carbons (Fsp3) is 0.400. The highest BCUT2D eigenvalue weighted by Gasteiger charge is 2.20. The van der Waals surface area contributed by atoms with Gasteiger partial charge in [0.15, 0.2) is 5.82 Å². The maximum absolute atomic E-state index is 12.5. The molecule has 1 amide bonds. The average molecular weight is 349 g/mol. The lowest BCUT2D eigenvalue weighted by Crippen LogP contribution is -2.27. The molecule has 110 valence electrons. The largest absolute Gasteiger partial charge is 0.334 e. The third-order valence-corrected chi connectivity index (χ3v) is 4.71. The summed E-state index contributed by atoms with van der Waals surface area (Å²) in [6.07, 6.45) is 2.10. The molecule has 2 heterocycles. The number of carbonyl (C=O) groups is 1. The van der Waals surface area contributed by atoms with Crippen LogP contribution in [-0.4, -0.2) is 32.6 Å². The number of carbonyl (C=O) groups excluding carboxylic acids is 1. The number of hydrogen-bond acceptors (Lipinski definition) is 3. The first-order valence-electron chi connectivity index (χ1n) is 6.99. The van der Waals surface area contributed by atoms with Crippen molar-refractivity contribution in [1.29, 1.82) is 0 Å². The van der Waals surface area contributed by atoms with Gasteiger partial charge in [0.1, 0.15) is 5.82 Å². The Balaban J connectivity index is 1.76. The summed E-state index contributed by atoms with van der Waals surface area (Å²) in [6, 6.07) is 5.65. The molecule has 0 atom stereocenters. The van der Waals surface area contributed by atoms with Gasteiger partial charge in [0.25, 0.3) is 5.91 Å². The molecule has 0 aliphatic carbocycles. The molecule has 5 nitrogen and oxygen atoms in total. The number of nitrogens with zero attached hydrogens (tertiary/aromatic N) is 4. The van der Waals surface area contributed by atoms with Crippen LogP contribution < -0.4 is 0 Å². The number of rotatable bonds is 3. The van der Waals surface area contributed by atoms with Gasteiger partial charge in [-0.05, 0) is 37.1 Å². The molecule has 6 heteroatoms. The van der Waals surface area contributed by atoms with Crippen LogP contribution in [0.5, 0.6) is 0 Å². The van der Waals surface area contributed by atoms with Crippen LogP contribution in [0.3, 0.4) is 0 Å². The van der Waals surface area contributed by atoms with Crippen LogP contribution in [0, 0.1) is 6.92 Å². The van der Waals surface area contributed by atoms with Crippen LogP contribution in [0.1, 0.15) is 34.0 Å². The summed E-state index contributed by atoms with van der Waals surface area (Å²) in [4.78, 5) is 14.2. The highest BCUT2D eigenvalue weighted by molar-refractivity contribution is 9.10. The van der Waals surface area contributed by atoms with Gasteiger partial charge >= 0.3 is 0 Å². The summed E-state index contributed by atoms with van der Waals surface area (Å²) < 4.78 is 3.13. The number of aryl methyl sites for hydroxylation is 2. The molecule has 21 heavy (non-hydrogen) atoms. The van der Waals surface area contributed by atoms with E-state index in [0.717, 1.165) is 41.1 Å². The van der Waals surface area contributed by atoms with E-state index in [9.17, 15) is 4.79 Å². The minimum atomic E-state index is 0.000877. The van der Waals surface area contributed by atoms with Gasteiger partial charge in [-0.15, -0.1) is 10.2 Å². The fourth-order valence-corrected chi connectivity index (χ4v) is 2.86. The monoisotopic (exact) mass is 348 g/mol. The van der Waals surface area contributed by atoms with E-state index in [2.05, 4.69) is 30.7 Å². The Morgan fingerprint density at radius 3 is 3.00 bits per heavy atom. The van der Waals surface area contributed by atoms with E-state index in [1.807, 2.05) is 25.1 Å². The maximum Gasteiger partial charge on any atom is 0.254 e. The zero-order chi connectivity index (χ0) is 15.0. The van der Waals surface area contributed by atoms with Crippen molar-refractivity contribution < 1.29 is 4.79 Å². The lowest BCUT2D eigenvalue weighted by Gasteiger charge is -2.17. The lowest BCUT2D eigenvalue weighted by molar-refractivity contribution is 0.0780. The molecular formula is C15H17BrN4O. The molecule has 1 aliphatic heterocycles. The van der Waals surface area contributed by atoms with Gasteiger partial charge < -0.3 is 9.47 Å². The van der Waals surface area contributed by atoms with Crippen LogP contribution in [0.2, 0.25) is 0 Å². The average Bonchev–Trinajstić information content (AvgIpc) is 3.06. The topological polar surface area (TPSA) is 51.0 Å². The third kappa shape index (κ3) is 2.72. The molecule has 2 aromatic rings. The zero-order valence-electron chi connectivity index (χ0n) is 12.1. The summed E-state index contributed by atoms with van der Waals surface area (Å²) in [5, 5.41) is 8.37. The van der Waals surface area contributed by atoms with Crippen molar-refractivity contribution in [2.24, 2.45) is 0 Å². The number of hydrogen-bond donors (Lipinski definition) is 0. The van der Waals surface area contributed by atoms with Crippen molar-refractivity contribution in [2.75, 3.05) is 7.05 Å². The van der Waals surface area contributed by atoms with Crippen LogP contribution in [0.4, 0.5) is 0 Å². The third-order valence-electron chi connectivity index (χ3n) is 3.82. The molecule has 1 aliphatic rings. The van der Waals surface area contributed by atoms with E-state index in [4.69, 9.17) is 0 Å². The van der Waals surface area contributed by atoms with Crippen LogP contribution in [-0.2, 0) is 19.5 Å². The molecule has 1 aromatic heterocycles. The van der Waals surface area contributed by atoms with Gasteiger partial charge in [-0.3, -0.25) is 4.79 Å². The van der Waals surface area contributed by atoms with Crippen molar-refractivity contribution in [3.8, 4) is 0 Å². The van der Waals surface area contributed by atoms with E-state index in [1.165, 1.54) is 0 Å². The summed E-state index contributed by atoms with van der Waals surface area (Å²) in [6.45, 7) is 3.42. The summed E-state index contributed by atoms with van der Waals surface area (Å²) in [5.41, 5.74) is 1.75. The molecule has 0 N–H and O–H groups in total. The molecule has 0 bridgehead atoms.